The van der Waals surface area contributed by atoms with Crippen LogP contribution in [0.2, 0.25) is 0 Å². The van der Waals surface area contributed by atoms with Gasteiger partial charge in [-0.15, -0.1) is 0 Å². The zero-order chi connectivity index (χ0) is 18.8. The lowest BCUT2D eigenvalue weighted by Crippen LogP contribution is -2.40. The first-order valence-electron chi connectivity index (χ1n) is 8.10. The predicted octanol–water partition coefficient (Wildman–Crippen LogP) is 2.23. The topological polar surface area (TPSA) is 95.5 Å². The van der Waals surface area contributed by atoms with Crippen LogP contribution in [-0.2, 0) is 9.59 Å². The van der Waals surface area contributed by atoms with Crippen LogP contribution in [0.25, 0.3) is 0 Å². The van der Waals surface area contributed by atoms with E-state index in [2.05, 4.69) is 10.6 Å². The molecule has 1 atom stereocenters. The molecule has 0 bridgehead atoms. The maximum atomic E-state index is 13.4. The van der Waals surface area contributed by atoms with E-state index in [1.54, 1.807) is 0 Å². The minimum Gasteiger partial charge on any atom is -0.480 e. The van der Waals surface area contributed by atoms with Crippen LogP contribution in [0.4, 0.5) is 8.78 Å². The van der Waals surface area contributed by atoms with Crippen molar-refractivity contribution in [1.29, 1.82) is 0 Å². The van der Waals surface area contributed by atoms with E-state index in [1.807, 2.05) is 6.92 Å². The number of unbranched alkanes of at least 4 members (excludes halogenated alkanes) is 1. The van der Waals surface area contributed by atoms with Gasteiger partial charge in [-0.3, -0.25) is 9.59 Å². The summed E-state index contributed by atoms with van der Waals surface area (Å²) in [6.45, 7) is 2.03. The molecule has 1 unspecified atom stereocenters. The highest BCUT2D eigenvalue weighted by Gasteiger charge is 2.19. The second kappa shape index (κ2) is 10.4. The van der Waals surface area contributed by atoms with Crippen molar-refractivity contribution >= 4 is 17.8 Å². The van der Waals surface area contributed by atoms with Gasteiger partial charge in [0.15, 0.2) is 0 Å². The molecule has 25 heavy (non-hydrogen) atoms. The van der Waals surface area contributed by atoms with Gasteiger partial charge in [-0.2, -0.15) is 0 Å². The third-order valence-corrected chi connectivity index (χ3v) is 3.52. The summed E-state index contributed by atoms with van der Waals surface area (Å²) in [5, 5.41) is 13.9. The normalized spacial score (nSPS) is 11.6. The Morgan fingerprint density at radius 3 is 2.52 bits per heavy atom. The zero-order valence-corrected chi connectivity index (χ0v) is 14.0. The molecular weight excluding hydrogens is 334 g/mol. The van der Waals surface area contributed by atoms with Crippen molar-refractivity contribution < 1.29 is 28.3 Å². The van der Waals surface area contributed by atoms with Crippen LogP contribution >= 0.6 is 0 Å². The number of carbonyl (C=O) groups is 3. The Kier molecular flexibility index (Phi) is 8.52. The van der Waals surface area contributed by atoms with Gasteiger partial charge < -0.3 is 15.7 Å². The van der Waals surface area contributed by atoms with Gasteiger partial charge in [-0.25, -0.2) is 13.6 Å². The SMILES string of the molecule is CCCCC(NC(=O)CCCNC(=O)c1ccc(F)cc1F)C(=O)O. The molecule has 0 heterocycles. The lowest BCUT2D eigenvalue weighted by atomic mass is 10.1. The summed E-state index contributed by atoms with van der Waals surface area (Å²) in [6.07, 6.45) is 2.17. The van der Waals surface area contributed by atoms with Crippen LogP contribution < -0.4 is 10.6 Å². The third-order valence-electron chi connectivity index (χ3n) is 3.52. The lowest BCUT2D eigenvalue weighted by Gasteiger charge is -2.14. The number of rotatable bonds is 10. The Morgan fingerprint density at radius 2 is 1.92 bits per heavy atom. The highest BCUT2D eigenvalue weighted by Crippen LogP contribution is 2.09. The first-order valence-corrected chi connectivity index (χ1v) is 8.10. The number of hydrogen-bond acceptors (Lipinski definition) is 3. The first-order chi connectivity index (χ1) is 11.8. The third kappa shape index (κ3) is 7.28. The molecule has 0 saturated carbocycles. The summed E-state index contributed by atoms with van der Waals surface area (Å²) < 4.78 is 26.2. The molecule has 0 radical (unpaired) electrons. The van der Waals surface area contributed by atoms with E-state index in [9.17, 15) is 23.2 Å². The van der Waals surface area contributed by atoms with Gasteiger partial charge in [0, 0.05) is 19.0 Å². The number of nitrogens with one attached hydrogen (secondary N) is 2. The molecule has 2 amide bonds. The molecule has 8 heteroatoms. The maximum Gasteiger partial charge on any atom is 0.326 e. The van der Waals surface area contributed by atoms with Crippen molar-refractivity contribution in [2.75, 3.05) is 6.54 Å². The van der Waals surface area contributed by atoms with Crippen molar-refractivity contribution in [3.05, 3.63) is 35.4 Å². The Bertz CT molecular complexity index is 623. The number of carboxylic acids is 1. The molecule has 138 valence electrons. The molecule has 0 aliphatic heterocycles. The van der Waals surface area contributed by atoms with Gasteiger partial charge in [-0.05, 0) is 25.0 Å². The number of aliphatic carboxylic acids is 1. The number of hydrogen-bond donors (Lipinski definition) is 3. The summed E-state index contributed by atoms with van der Waals surface area (Å²) in [5.74, 6) is -3.95. The van der Waals surface area contributed by atoms with Crippen molar-refractivity contribution in [3.63, 3.8) is 0 Å². The van der Waals surface area contributed by atoms with Crippen LogP contribution in [0.1, 0.15) is 49.4 Å². The number of carbonyl (C=O) groups excluding carboxylic acids is 2. The molecule has 0 spiro atoms. The summed E-state index contributed by atoms with van der Waals surface area (Å²) in [7, 11) is 0. The molecule has 0 aliphatic rings. The Labute approximate surface area is 144 Å². The van der Waals surface area contributed by atoms with E-state index < -0.39 is 35.5 Å². The van der Waals surface area contributed by atoms with Crippen molar-refractivity contribution in [3.8, 4) is 0 Å². The second-order valence-electron chi connectivity index (χ2n) is 5.58. The molecule has 0 aliphatic carbocycles. The summed E-state index contributed by atoms with van der Waals surface area (Å²) >= 11 is 0. The molecule has 6 nitrogen and oxygen atoms in total. The van der Waals surface area contributed by atoms with Crippen LogP contribution in [0.3, 0.4) is 0 Å². The maximum absolute atomic E-state index is 13.4. The largest absolute Gasteiger partial charge is 0.480 e. The van der Waals surface area contributed by atoms with Crippen molar-refractivity contribution in [2.24, 2.45) is 0 Å². The van der Waals surface area contributed by atoms with Crippen LogP contribution in [0, 0.1) is 11.6 Å². The fraction of sp³-hybridized carbons (Fsp3) is 0.471. The highest BCUT2D eigenvalue weighted by atomic mass is 19.1. The predicted molar refractivity (Wildman–Crippen MR) is 87.0 cm³/mol. The molecule has 1 aromatic rings. The van der Waals surface area contributed by atoms with Gasteiger partial charge in [-0.1, -0.05) is 19.8 Å². The average molecular weight is 356 g/mol. The first kappa shape index (κ1) is 20.5. The summed E-state index contributed by atoms with van der Waals surface area (Å²) in [6, 6.07) is 1.71. The van der Waals surface area contributed by atoms with E-state index in [4.69, 9.17) is 5.11 Å². The number of halogens is 2. The standard InChI is InChI=1S/C17H22F2N2O4/c1-2-3-5-14(17(24)25)21-15(22)6-4-9-20-16(23)12-8-7-11(18)10-13(12)19/h7-8,10,14H,2-6,9H2,1H3,(H,20,23)(H,21,22)(H,24,25). The minimum absolute atomic E-state index is 0.0298. The van der Waals surface area contributed by atoms with Crippen LogP contribution in [0.15, 0.2) is 18.2 Å². The van der Waals surface area contributed by atoms with E-state index in [-0.39, 0.29) is 24.9 Å². The van der Waals surface area contributed by atoms with Gasteiger partial charge in [0.1, 0.15) is 17.7 Å². The average Bonchev–Trinajstić information content (AvgIpc) is 2.55. The fourth-order valence-corrected chi connectivity index (χ4v) is 2.15. The number of benzene rings is 1. The molecule has 0 saturated heterocycles. The zero-order valence-electron chi connectivity index (χ0n) is 14.0. The van der Waals surface area contributed by atoms with Crippen LogP contribution in [0.5, 0.6) is 0 Å². The molecule has 0 aromatic heterocycles. The van der Waals surface area contributed by atoms with Gasteiger partial charge in [0.25, 0.3) is 5.91 Å². The highest BCUT2D eigenvalue weighted by molar-refractivity contribution is 5.94. The molecular formula is C17H22F2N2O4. The summed E-state index contributed by atoms with van der Waals surface area (Å²) in [4.78, 5) is 34.5. The quantitative estimate of drug-likeness (QED) is 0.560. The second-order valence-corrected chi connectivity index (χ2v) is 5.58. The van der Waals surface area contributed by atoms with Crippen molar-refractivity contribution in [1.82, 2.24) is 10.6 Å². The van der Waals surface area contributed by atoms with Crippen molar-refractivity contribution in [2.45, 2.75) is 45.1 Å². The van der Waals surface area contributed by atoms with Gasteiger partial charge in [0.05, 0.1) is 5.56 Å². The monoisotopic (exact) mass is 356 g/mol. The van der Waals surface area contributed by atoms with E-state index in [1.165, 1.54) is 0 Å². The van der Waals surface area contributed by atoms with E-state index >= 15 is 0 Å². The van der Waals surface area contributed by atoms with Crippen LogP contribution in [-0.4, -0.2) is 35.5 Å². The Hall–Kier alpha value is -2.51. The minimum atomic E-state index is -1.08. The van der Waals surface area contributed by atoms with E-state index in [0.29, 0.717) is 18.9 Å². The smallest absolute Gasteiger partial charge is 0.326 e. The molecule has 1 aromatic carbocycles. The van der Waals surface area contributed by atoms with Gasteiger partial charge >= 0.3 is 5.97 Å². The molecule has 3 N–H and O–H groups in total. The van der Waals surface area contributed by atoms with E-state index in [0.717, 1.165) is 18.6 Å². The van der Waals surface area contributed by atoms with Gasteiger partial charge in [0.2, 0.25) is 5.91 Å². The number of carboxylic acid groups (broad SMARTS) is 1. The fourth-order valence-electron chi connectivity index (χ4n) is 2.15. The molecule has 0 fully saturated rings. The number of amides is 2. The Morgan fingerprint density at radius 1 is 1.20 bits per heavy atom. The Balaban J connectivity index is 2.35. The molecule has 1 rings (SSSR count). The summed E-state index contributed by atoms with van der Waals surface area (Å²) in [5.41, 5.74) is -0.281. The lowest BCUT2D eigenvalue weighted by molar-refractivity contribution is -0.142.